The van der Waals surface area contributed by atoms with Crippen molar-refractivity contribution < 1.29 is 19.4 Å². The number of rotatable bonds is 6. The van der Waals surface area contributed by atoms with E-state index in [4.69, 9.17) is 27.9 Å². The van der Waals surface area contributed by atoms with Crippen molar-refractivity contribution in [2.45, 2.75) is 12.8 Å². The molecule has 0 saturated carbocycles. The molecule has 10 heteroatoms. The molecule has 0 radical (unpaired) electrons. The number of hydrogen-bond donors (Lipinski definition) is 1. The third-order valence-electron chi connectivity index (χ3n) is 3.87. The summed E-state index contributed by atoms with van der Waals surface area (Å²) in [6, 6.07) is 13.4. The molecule has 0 aliphatic heterocycles. The number of amides is 1. The van der Waals surface area contributed by atoms with Gasteiger partial charge in [0.2, 0.25) is 0 Å². The lowest BCUT2D eigenvalue weighted by Gasteiger charge is -2.24. The molecule has 0 atom stereocenters. The fourth-order valence-electron chi connectivity index (χ4n) is 2.67. The second-order valence-corrected chi connectivity index (χ2v) is 6.41. The van der Waals surface area contributed by atoms with Crippen molar-refractivity contribution in [3.63, 3.8) is 0 Å². The largest absolute Gasteiger partial charge is 0.475 e. The predicted octanol–water partition coefficient (Wildman–Crippen LogP) is 4.65. The van der Waals surface area contributed by atoms with E-state index in [1.54, 1.807) is 55.5 Å². The minimum atomic E-state index is -1.28. The molecule has 150 valence electrons. The number of para-hydroxylation sites is 2. The van der Waals surface area contributed by atoms with Gasteiger partial charge in [-0.2, -0.15) is 0 Å². The molecule has 0 aliphatic carbocycles. The summed E-state index contributed by atoms with van der Waals surface area (Å²) in [7, 11) is 0. The van der Waals surface area contributed by atoms with Crippen LogP contribution < -0.4 is 4.90 Å². The number of nitrogens with zero attached hydrogens (tertiary/aromatic N) is 4. The summed E-state index contributed by atoms with van der Waals surface area (Å²) < 4.78 is 6.52. The van der Waals surface area contributed by atoms with Crippen molar-refractivity contribution in [3.05, 3.63) is 65.2 Å². The number of benzene rings is 2. The highest BCUT2D eigenvalue weighted by Crippen LogP contribution is 2.33. The molecule has 0 spiro atoms. The Balaban J connectivity index is 2.20. The molecule has 1 heterocycles. The van der Waals surface area contributed by atoms with Crippen molar-refractivity contribution in [1.82, 2.24) is 14.8 Å². The van der Waals surface area contributed by atoms with Gasteiger partial charge in [-0.1, -0.05) is 23.7 Å². The highest BCUT2D eigenvalue weighted by molar-refractivity contribution is 6.30. The third-order valence-corrected chi connectivity index (χ3v) is 4.36. The topological polar surface area (TPSA) is 97.6 Å². The summed E-state index contributed by atoms with van der Waals surface area (Å²) >= 11 is 11.9. The standard InChI is InChI=1S/C19H16Cl2N4O4/c1-2-29-19(28)24(13-9-7-12(21)8-10-13)14-5-3-4-6-15(14)25-16(11-20)22-17(23-25)18(26)27/h3-10H,2,11H2,1H3,(H,26,27). The van der Waals surface area contributed by atoms with Crippen LogP contribution in [0.1, 0.15) is 23.4 Å². The summed E-state index contributed by atoms with van der Waals surface area (Å²) in [5.74, 6) is -1.54. The van der Waals surface area contributed by atoms with E-state index in [1.165, 1.54) is 9.58 Å². The number of hydrogen-bond acceptors (Lipinski definition) is 5. The van der Waals surface area contributed by atoms with Crippen molar-refractivity contribution in [1.29, 1.82) is 0 Å². The molecule has 0 fully saturated rings. The maximum absolute atomic E-state index is 12.8. The van der Waals surface area contributed by atoms with Crippen molar-refractivity contribution in [3.8, 4) is 5.69 Å². The van der Waals surface area contributed by atoms with Gasteiger partial charge < -0.3 is 9.84 Å². The number of halogens is 2. The summed E-state index contributed by atoms with van der Waals surface area (Å²) in [5, 5.41) is 13.8. The Morgan fingerprint density at radius 3 is 2.48 bits per heavy atom. The van der Waals surface area contributed by atoms with Crippen LogP contribution in [0.5, 0.6) is 0 Å². The monoisotopic (exact) mass is 434 g/mol. The Hall–Kier alpha value is -3.10. The van der Waals surface area contributed by atoms with Crippen molar-refractivity contribution in [2.24, 2.45) is 0 Å². The fourth-order valence-corrected chi connectivity index (χ4v) is 2.97. The lowest BCUT2D eigenvalue weighted by atomic mass is 10.2. The quantitative estimate of drug-likeness (QED) is 0.566. The molecule has 1 amide bonds. The van der Waals surface area contributed by atoms with E-state index >= 15 is 0 Å². The van der Waals surface area contributed by atoms with Crippen LogP contribution in [0.25, 0.3) is 5.69 Å². The number of anilines is 2. The molecule has 2 aromatic carbocycles. The first-order chi connectivity index (χ1) is 14.0. The van der Waals surface area contributed by atoms with Crippen molar-refractivity contribution in [2.75, 3.05) is 11.5 Å². The molecule has 0 saturated heterocycles. The van der Waals surface area contributed by atoms with Crippen LogP contribution in [0, 0.1) is 0 Å². The van der Waals surface area contributed by atoms with E-state index in [-0.39, 0.29) is 18.3 Å². The van der Waals surface area contributed by atoms with Crippen LogP contribution in [0.2, 0.25) is 5.02 Å². The second kappa shape index (κ2) is 8.93. The number of carbonyl (C=O) groups excluding carboxylic acids is 1. The van der Waals surface area contributed by atoms with E-state index in [0.717, 1.165) is 0 Å². The van der Waals surface area contributed by atoms with E-state index < -0.39 is 17.9 Å². The van der Waals surface area contributed by atoms with Gasteiger partial charge in [-0.15, -0.1) is 16.7 Å². The van der Waals surface area contributed by atoms with Gasteiger partial charge in [0, 0.05) is 5.02 Å². The summed E-state index contributed by atoms with van der Waals surface area (Å²) in [4.78, 5) is 29.4. The normalized spacial score (nSPS) is 10.6. The van der Waals surface area contributed by atoms with Gasteiger partial charge in [0.25, 0.3) is 5.82 Å². The summed E-state index contributed by atoms with van der Waals surface area (Å²) in [6.07, 6.45) is -0.617. The van der Waals surface area contributed by atoms with E-state index in [0.29, 0.717) is 22.1 Å². The SMILES string of the molecule is CCOC(=O)N(c1ccc(Cl)cc1)c1ccccc1-n1nc(C(=O)O)nc1CCl. The summed E-state index contributed by atoms with van der Waals surface area (Å²) in [5.41, 5.74) is 1.32. The van der Waals surface area contributed by atoms with Gasteiger partial charge >= 0.3 is 12.1 Å². The van der Waals surface area contributed by atoms with Crippen LogP contribution in [-0.2, 0) is 10.6 Å². The average molecular weight is 435 g/mol. The van der Waals surface area contributed by atoms with Crippen LogP contribution in [0.15, 0.2) is 48.5 Å². The third kappa shape index (κ3) is 4.33. The number of ether oxygens (including phenoxy) is 1. The zero-order chi connectivity index (χ0) is 21.0. The molecule has 0 unspecified atom stereocenters. The molecule has 1 N–H and O–H groups in total. The number of aromatic nitrogens is 3. The van der Waals surface area contributed by atoms with E-state index in [1.807, 2.05) is 0 Å². The van der Waals surface area contributed by atoms with Crippen LogP contribution in [0.3, 0.4) is 0 Å². The first-order valence-electron chi connectivity index (χ1n) is 8.53. The van der Waals surface area contributed by atoms with Gasteiger partial charge in [-0.05, 0) is 43.3 Å². The zero-order valence-corrected chi connectivity index (χ0v) is 16.8. The highest BCUT2D eigenvalue weighted by atomic mass is 35.5. The predicted molar refractivity (Wildman–Crippen MR) is 108 cm³/mol. The van der Waals surface area contributed by atoms with Crippen LogP contribution >= 0.6 is 23.2 Å². The van der Waals surface area contributed by atoms with Gasteiger partial charge in [0.15, 0.2) is 0 Å². The van der Waals surface area contributed by atoms with Gasteiger partial charge in [-0.25, -0.2) is 24.2 Å². The number of carboxylic acid groups (broad SMARTS) is 1. The Bertz CT molecular complexity index is 1040. The minimum Gasteiger partial charge on any atom is -0.475 e. The van der Waals surface area contributed by atoms with E-state index in [9.17, 15) is 14.7 Å². The molecular formula is C19H16Cl2N4O4. The molecule has 8 nitrogen and oxygen atoms in total. The first kappa shape index (κ1) is 20.6. The maximum atomic E-state index is 12.8. The number of aromatic carboxylic acids is 1. The Morgan fingerprint density at radius 1 is 1.17 bits per heavy atom. The number of alkyl halides is 1. The first-order valence-corrected chi connectivity index (χ1v) is 9.44. The van der Waals surface area contributed by atoms with Gasteiger partial charge in [0.05, 0.1) is 29.5 Å². The average Bonchev–Trinajstić information content (AvgIpc) is 3.15. The Labute approximate surface area is 176 Å². The zero-order valence-electron chi connectivity index (χ0n) is 15.2. The number of carbonyl (C=O) groups is 2. The van der Waals surface area contributed by atoms with Crippen molar-refractivity contribution >= 4 is 46.6 Å². The van der Waals surface area contributed by atoms with Gasteiger partial charge in [-0.3, -0.25) is 0 Å². The molecular weight excluding hydrogens is 419 g/mol. The minimum absolute atomic E-state index is 0.0744. The second-order valence-electron chi connectivity index (χ2n) is 5.70. The molecule has 0 aliphatic rings. The fraction of sp³-hybridized carbons (Fsp3) is 0.158. The van der Waals surface area contributed by atoms with Crippen LogP contribution in [0.4, 0.5) is 16.2 Å². The number of carboxylic acids is 1. The van der Waals surface area contributed by atoms with Gasteiger partial charge in [0.1, 0.15) is 5.82 Å². The Kier molecular flexibility index (Phi) is 6.36. The maximum Gasteiger partial charge on any atom is 0.419 e. The lowest BCUT2D eigenvalue weighted by Crippen LogP contribution is -2.28. The van der Waals surface area contributed by atoms with E-state index in [2.05, 4.69) is 10.1 Å². The molecule has 3 aromatic rings. The summed E-state index contributed by atoms with van der Waals surface area (Å²) in [6.45, 7) is 1.87. The smallest absolute Gasteiger partial charge is 0.419 e. The molecule has 3 rings (SSSR count). The Morgan fingerprint density at radius 2 is 1.86 bits per heavy atom. The molecule has 1 aromatic heterocycles. The molecule has 29 heavy (non-hydrogen) atoms. The lowest BCUT2D eigenvalue weighted by molar-refractivity contribution is 0.0683. The molecule has 0 bridgehead atoms. The highest BCUT2D eigenvalue weighted by Gasteiger charge is 2.25. The van der Waals surface area contributed by atoms with Crippen LogP contribution in [-0.4, -0.2) is 38.5 Å².